The van der Waals surface area contributed by atoms with Crippen molar-refractivity contribution >= 4 is 57.2 Å². The van der Waals surface area contributed by atoms with Crippen molar-refractivity contribution in [2.45, 2.75) is 13.8 Å². The summed E-state index contributed by atoms with van der Waals surface area (Å²) < 4.78 is 2.75. The summed E-state index contributed by atoms with van der Waals surface area (Å²) in [7, 11) is 0. The first kappa shape index (κ1) is 32.3. The molecule has 12 heteroatoms. The number of rotatable bonds is 6. The number of nitrogens with zero attached hydrogens (tertiary/aromatic N) is 6. The highest BCUT2D eigenvalue weighted by molar-refractivity contribution is 7.06. The van der Waals surface area contributed by atoms with Crippen LogP contribution in [-0.4, -0.2) is 31.4 Å². The largest absolute Gasteiger partial charge is 0.279 e. The molecule has 7 rings (SSSR count). The van der Waals surface area contributed by atoms with E-state index >= 15 is 0 Å². The minimum atomic E-state index is -0.353. The van der Waals surface area contributed by atoms with E-state index in [9.17, 15) is 9.59 Å². The number of para-hydroxylation sites is 2. The number of carbonyl (C=O) groups excluding carboxylic acids is 2. The predicted octanol–water partition coefficient (Wildman–Crippen LogP) is 6.99. The average Bonchev–Trinajstić information content (AvgIpc) is 3.73. The highest BCUT2D eigenvalue weighted by Gasteiger charge is 2.16. The van der Waals surface area contributed by atoms with Gasteiger partial charge in [-0.2, -0.15) is 9.36 Å². The van der Waals surface area contributed by atoms with Gasteiger partial charge in [0.2, 0.25) is 19.2 Å². The normalized spacial score (nSPS) is 12.8. The molecule has 2 N–H and O–H groups in total. The van der Waals surface area contributed by atoms with E-state index in [0.29, 0.717) is 41.7 Å². The van der Waals surface area contributed by atoms with E-state index in [-0.39, 0.29) is 11.8 Å². The zero-order valence-electron chi connectivity index (χ0n) is 27.0. The first-order chi connectivity index (χ1) is 24.4. The topological polar surface area (TPSA) is 125 Å². The molecule has 0 aliphatic carbocycles. The lowest BCUT2D eigenvalue weighted by Crippen LogP contribution is -2.27. The predicted molar refractivity (Wildman–Crippen MR) is 195 cm³/mol. The van der Waals surface area contributed by atoms with E-state index in [0.717, 1.165) is 22.5 Å². The van der Waals surface area contributed by atoms with Gasteiger partial charge in [0, 0.05) is 11.1 Å². The molecule has 50 heavy (non-hydrogen) atoms. The standard InChI is InChI=1S/C38H30N8O2S2/c1-25-13-21-31(22-14-25)39-35-43-45(37(49-35)41-29-9-5-3-6-10-29)33(47)27-17-19-28(20-18-27)34(48)46-38(42-30-11-7-4-8-12-30)50-36(44-46)40-32-23-15-26(2)16-24-32/h3-24H,1-2H3,(H,39,43)(H,40,44). The molecule has 7 aromatic rings. The molecule has 2 heterocycles. The molecule has 2 aromatic heterocycles. The summed E-state index contributed by atoms with van der Waals surface area (Å²) in [6, 6.07) is 40.9. The lowest BCUT2D eigenvalue weighted by atomic mass is 10.1. The summed E-state index contributed by atoms with van der Waals surface area (Å²) in [6.45, 7) is 4.03. The van der Waals surface area contributed by atoms with E-state index in [4.69, 9.17) is 9.98 Å². The minimum Gasteiger partial charge on any atom is -0.267 e. The fourth-order valence-electron chi connectivity index (χ4n) is 4.83. The van der Waals surface area contributed by atoms with Crippen molar-refractivity contribution in [1.82, 2.24) is 19.6 Å². The van der Waals surface area contributed by atoms with Crippen LogP contribution in [0.3, 0.4) is 0 Å². The second-order valence-corrected chi connectivity index (χ2v) is 13.2. The number of benzene rings is 5. The van der Waals surface area contributed by atoms with Crippen LogP contribution in [0.25, 0.3) is 0 Å². The van der Waals surface area contributed by atoms with Crippen molar-refractivity contribution in [2.24, 2.45) is 20.0 Å². The van der Waals surface area contributed by atoms with Crippen LogP contribution in [0.15, 0.2) is 153 Å². The Morgan fingerprint density at radius 2 is 0.800 bits per heavy atom. The van der Waals surface area contributed by atoms with Gasteiger partial charge in [-0.15, -0.1) is 0 Å². The Labute approximate surface area is 294 Å². The van der Waals surface area contributed by atoms with E-state index in [2.05, 4.69) is 20.2 Å². The molecule has 0 aliphatic heterocycles. The Hall–Kier alpha value is -6.24. The lowest BCUT2D eigenvalue weighted by Gasteiger charge is -2.05. The second-order valence-electron chi connectivity index (χ2n) is 11.3. The lowest BCUT2D eigenvalue weighted by molar-refractivity contribution is 0.0928. The third kappa shape index (κ3) is 7.57. The van der Waals surface area contributed by atoms with Crippen LogP contribution in [0.1, 0.15) is 31.8 Å². The maximum atomic E-state index is 13.9. The van der Waals surface area contributed by atoms with Crippen LogP contribution in [0.5, 0.6) is 0 Å². The number of carbonyl (C=O) groups is 2. The molecule has 0 bridgehead atoms. The van der Waals surface area contributed by atoms with Gasteiger partial charge in [0.05, 0.1) is 22.7 Å². The Bertz CT molecular complexity index is 2390. The molecular formula is C38H30N8O2S2. The van der Waals surface area contributed by atoms with E-state index < -0.39 is 0 Å². The molecule has 0 spiro atoms. The van der Waals surface area contributed by atoms with Gasteiger partial charge in [-0.3, -0.25) is 19.8 Å². The molecule has 5 aromatic carbocycles. The molecule has 0 radical (unpaired) electrons. The van der Waals surface area contributed by atoms with Crippen LogP contribution >= 0.6 is 22.7 Å². The molecule has 0 saturated carbocycles. The molecule has 0 aliphatic rings. The molecule has 0 saturated heterocycles. The average molecular weight is 695 g/mol. The number of aryl methyl sites for hydroxylation is 2. The number of H-pyrrole nitrogens is 2. The smallest absolute Gasteiger partial charge is 0.267 e. The van der Waals surface area contributed by atoms with Crippen molar-refractivity contribution < 1.29 is 9.59 Å². The van der Waals surface area contributed by atoms with Crippen molar-refractivity contribution in [2.75, 3.05) is 0 Å². The Morgan fingerprint density at radius 1 is 0.460 bits per heavy atom. The van der Waals surface area contributed by atoms with Crippen molar-refractivity contribution in [3.8, 4) is 0 Å². The Balaban J connectivity index is 1.24. The minimum absolute atomic E-state index is 0.353. The molecule has 0 amide bonds. The van der Waals surface area contributed by atoms with Crippen LogP contribution in [-0.2, 0) is 0 Å². The molecule has 0 fully saturated rings. The van der Waals surface area contributed by atoms with Gasteiger partial charge in [-0.25, -0.2) is 20.0 Å². The first-order valence-electron chi connectivity index (χ1n) is 15.6. The molecular weight excluding hydrogens is 665 g/mol. The summed E-state index contributed by atoms with van der Waals surface area (Å²) in [5, 5.41) is 6.22. The molecule has 10 nitrogen and oxygen atoms in total. The van der Waals surface area contributed by atoms with Crippen LogP contribution < -0.4 is 19.2 Å². The van der Waals surface area contributed by atoms with Gasteiger partial charge >= 0.3 is 0 Å². The van der Waals surface area contributed by atoms with E-state index in [1.165, 1.54) is 32.0 Å². The van der Waals surface area contributed by atoms with Gasteiger partial charge in [-0.05, 0) is 86.6 Å². The maximum Gasteiger partial charge on any atom is 0.279 e. The molecule has 246 valence electrons. The second kappa shape index (κ2) is 14.5. The van der Waals surface area contributed by atoms with Gasteiger partial charge < -0.3 is 0 Å². The third-order valence-corrected chi connectivity index (χ3v) is 9.11. The monoisotopic (exact) mass is 694 g/mol. The summed E-state index contributed by atoms with van der Waals surface area (Å²) in [4.78, 5) is 48.5. The van der Waals surface area contributed by atoms with Crippen LogP contribution in [0.4, 0.5) is 22.7 Å². The van der Waals surface area contributed by atoms with Crippen molar-refractivity contribution in [1.29, 1.82) is 0 Å². The third-order valence-electron chi connectivity index (χ3n) is 7.45. The quantitative estimate of drug-likeness (QED) is 0.195. The highest BCUT2D eigenvalue weighted by Crippen LogP contribution is 2.14. The van der Waals surface area contributed by atoms with Crippen LogP contribution in [0, 0.1) is 13.8 Å². The number of hydrogen-bond donors (Lipinski definition) is 2. The maximum absolute atomic E-state index is 13.9. The summed E-state index contributed by atoms with van der Waals surface area (Å²) in [5.41, 5.74) is 5.85. The zero-order chi connectivity index (χ0) is 34.5. The SMILES string of the molecule is Cc1ccc(N=c2[nH]n(C(=O)c3ccc(C(=O)n4[nH]c(=Nc5ccc(C)cc5)sc4=Nc4ccccc4)cc3)c(=Nc3ccccc3)s2)cc1. The van der Waals surface area contributed by atoms with Crippen molar-refractivity contribution in [3.63, 3.8) is 0 Å². The number of hydrogen-bond acceptors (Lipinski definition) is 8. The Kier molecular flexibility index (Phi) is 9.36. The van der Waals surface area contributed by atoms with Gasteiger partial charge in [-0.1, -0.05) is 94.5 Å². The van der Waals surface area contributed by atoms with Crippen molar-refractivity contribution in [3.05, 3.63) is 175 Å². The van der Waals surface area contributed by atoms with E-state index in [1.54, 1.807) is 24.3 Å². The van der Waals surface area contributed by atoms with Crippen LogP contribution in [0.2, 0.25) is 0 Å². The van der Waals surface area contributed by atoms with Gasteiger partial charge in [0.25, 0.3) is 11.8 Å². The summed E-state index contributed by atoms with van der Waals surface area (Å²) >= 11 is 2.52. The van der Waals surface area contributed by atoms with Gasteiger partial charge in [0.15, 0.2) is 0 Å². The zero-order valence-corrected chi connectivity index (χ0v) is 28.7. The molecule has 0 atom stereocenters. The summed E-state index contributed by atoms with van der Waals surface area (Å²) in [5.74, 6) is -0.706. The number of nitrogens with one attached hydrogen (secondary N) is 2. The summed E-state index contributed by atoms with van der Waals surface area (Å²) in [6.07, 6.45) is 0. The number of aromatic amines is 2. The first-order valence-corrected chi connectivity index (χ1v) is 17.3. The fourth-order valence-corrected chi connectivity index (χ4v) is 6.49. The molecule has 0 unspecified atom stereocenters. The van der Waals surface area contributed by atoms with E-state index in [1.807, 2.05) is 123 Å². The fraction of sp³-hybridized carbons (Fsp3) is 0.0526. The Morgan fingerprint density at radius 3 is 1.16 bits per heavy atom. The van der Waals surface area contributed by atoms with Gasteiger partial charge in [0.1, 0.15) is 0 Å². The number of aromatic nitrogens is 4. The highest BCUT2D eigenvalue weighted by atomic mass is 32.1.